The monoisotopic (exact) mass is 235 g/mol. The Balaban J connectivity index is 2.04. The van der Waals surface area contributed by atoms with Crippen molar-refractivity contribution in [1.82, 2.24) is 9.38 Å². The molecule has 2 heterocycles. The van der Waals surface area contributed by atoms with E-state index in [0.29, 0.717) is 11.9 Å². The number of halogens is 1. The second kappa shape index (κ2) is 3.98. The van der Waals surface area contributed by atoms with Gasteiger partial charge in [0.05, 0.1) is 0 Å². The molecule has 0 N–H and O–H groups in total. The third-order valence-corrected chi connectivity index (χ3v) is 3.18. The van der Waals surface area contributed by atoms with Crippen LogP contribution in [0, 0.1) is 0 Å². The molecule has 0 bridgehead atoms. The lowest BCUT2D eigenvalue weighted by Gasteiger charge is -2.24. The van der Waals surface area contributed by atoms with E-state index < -0.39 is 0 Å². The summed E-state index contributed by atoms with van der Waals surface area (Å²) in [6, 6.07) is 6.89. The molecule has 1 aliphatic rings. The first-order valence-corrected chi connectivity index (χ1v) is 6.18. The molecule has 4 heteroatoms. The third-order valence-electron chi connectivity index (χ3n) is 3.01. The highest BCUT2D eigenvalue weighted by atomic mass is 35.5. The van der Waals surface area contributed by atoms with Crippen LogP contribution >= 0.6 is 11.6 Å². The number of imidazole rings is 1. The number of fused-ring (bicyclic) bond motifs is 1. The molecular weight excluding hydrogens is 222 g/mol. The van der Waals surface area contributed by atoms with Gasteiger partial charge in [-0.15, -0.1) is 11.6 Å². The van der Waals surface area contributed by atoms with Gasteiger partial charge in [0, 0.05) is 30.9 Å². The Labute approximate surface area is 99.7 Å². The summed E-state index contributed by atoms with van der Waals surface area (Å²) in [6.07, 6.45) is 6.41. The van der Waals surface area contributed by atoms with Crippen LogP contribution in [0.4, 0.5) is 5.82 Å². The number of pyridine rings is 1. The van der Waals surface area contributed by atoms with Crippen LogP contribution in [0.3, 0.4) is 0 Å². The van der Waals surface area contributed by atoms with Crippen molar-refractivity contribution in [2.45, 2.75) is 18.9 Å². The van der Waals surface area contributed by atoms with E-state index in [9.17, 15) is 0 Å². The van der Waals surface area contributed by atoms with E-state index in [4.69, 9.17) is 11.6 Å². The third kappa shape index (κ3) is 1.65. The number of hydrogen-bond acceptors (Lipinski definition) is 2. The number of aromatic nitrogens is 2. The predicted molar refractivity (Wildman–Crippen MR) is 66.3 cm³/mol. The Morgan fingerprint density at radius 2 is 2.31 bits per heavy atom. The summed E-state index contributed by atoms with van der Waals surface area (Å²) < 4.78 is 2.13. The van der Waals surface area contributed by atoms with Gasteiger partial charge in [-0.1, -0.05) is 6.07 Å². The van der Waals surface area contributed by atoms with E-state index in [1.54, 1.807) is 0 Å². The highest BCUT2D eigenvalue weighted by molar-refractivity contribution is 6.18. The fourth-order valence-corrected chi connectivity index (χ4v) is 2.31. The van der Waals surface area contributed by atoms with Gasteiger partial charge >= 0.3 is 0 Å². The van der Waals surface area contributed by atoms with E-state index in [2.05, 4.69) is 26.4 Å². The van der Waals surface area contributed by atoms with Gasteiger partial charge in [-0.2, -0.15) is 0 Å². The quantitative estimate of drug-likeness (QED) is 0.760. The Morgan fingerprint density at radius 3 is 3.06 bits per heavy atom. The van der Waals surface area contributed by atoms with Crippen molar-refractivity contribution in [3.8, 4) is 0 Å². The molecule has 1 saturated carbocycles. The predicted octanol–water partition coefficient (Wildman–Crippen LogP) is 2.54. The van der Waals surface area contributed by atoms with Crippen molar-refractivity contribution >= 4 is 23.1 Å². The topological polar surface area (TPSA) is 20.5 Å². The highest BCUT2D eigenvalue weighted by Crippen LogP contribution is 2.31. The number of rotatable bonds is 4. The van der Waals surface area contributed by atoms with Crippen LogP contribution < -0.4 is 4.90 Å². The van der Waals surface area contributed by atoms with Gasteiger partial charge in [-0.05, 0) is 25.0 Å². The van der Waals surface area contributed by atoms with Crippen molar-refractivity contribution < 1.29 is 0 Å². The molecule has 0 amide bonds. The fraction of sp³-hybridized carbons (Fsp3) is 0.417. The maximum Gasteiger partial charge on any atom is 0.138 e. The molecule has 3 rings (SSSR count). The van der Waals surface area contributed by atoms with E-state index in [1.165, 1.54) is 18.7 Å². The minimum absolute atomic E-state index is 0.668. The molecule has 2 aromatic rings. The summed E-state index contributed by atoms with van der Waals surface area (Å²) in [7, 11) is 0. The standard InChI is InChI=1S/C12H14ClN3/c13-6-8-15(10-4-5-10)12-3-1-2-11-14-7-9-16(11)12/h1-3,7,9-10H,4-6,8H2. The van der Waals surface area contributed by atoms with Crippen LogP contribution in [-0.2, 0) is 0 Å². The van der Waals surface area contributed by atoms with Gasteiger partial charge in [0.25, 0.3) is 0 Å². The molecular formula is C12H14ClN3. The molecule has 1 fully saturated rings. The van der Waals surface area contributed by atoms with Crippen LogP contribution in [-0.4, -0.2) is 27.9 Å². The molecule has 0 saturated heterocycles. The molecule has 0 aromatic carbocycles. The average Bonchev–Trinajstić information content (AvgIpc) is 3.02. The zero-order chi connectivity index (χ0) is 11.0. The van der Waals surface area contributed by atoms with Gasteiger partial charge in [0.2, 0.25) is 0 Å². The summed E-state index contributed by atoms with van der Waals surface area (Å²) in [6.45, 7) is 0.906. The van der Waals surface area contributed by atoms with Crippen LogP contribution in [0.2, 0.25) is 0 Å². The van der Waals surface area contributed by atoms with Crippen molar-refractivity contribution in [1.29, 1.82) is 0 Å². The Bertz CT molecular complexity index is 490. The number of hydrogen-bond donors (Lipinski definition) is 0. The summed E-state index contributed by atoms with van der Waals surface area (Å²) in [5, 5.41) is 0. The van der Waals surface area contributed by atoms with Crippen molar-refractivity contribution in [3.05, 3.63) is 30.6 Å². The maximum absolute atomic E-state index is 5.88. The summed E-state index contributed by atoms with van der Waals surface area (Å²) in [4.78, 5) is 6.70. The molecule has 2 aromatic heterocycles. The largest absolute Gasteiger partial charge is 0.354 e. The molecule has 16 heavy (non-hydrogen) atoms. The lowest BCUT2D eigenvalue weighted by Crippen LogP contribution is -2.29. The molecule has 0 atom stereocenters. The van der Waals surface area contributed by atoms with Crippen molar-refractivity contribution in [2.24, 2.45) is 0 Å². The van der Waals surface area contributed by atoms with Gasteiger partial charge in [-0.3, -0.25) is 4.40 Å². The average molecular weight is 236 g/mol. The minimum atomic E-state index is 0.668. The van der Waals surface area contributed by atoms with E-state index in [-0.39, 0.29) is 0 Å². The van der Waals surface area contributed by atoms with E-state index in [1.807, 2.05) is 18.5 Å². The lowest BCUT2D eigenvalue weighted by molar-refractivity contribution is 0.802. The zero-order valence-electron chi connectivity index (χ0n) is 9.01. The fourth-order valence-electron chi connectivity index (χ4n) is 2.13. The molecule has 0 aliphatic heterocycles. The Kier molecular flexibility index (Phi) is 2.48. The molecule has 0 unspecified atom stereocenters. The number of anilines is 1. The van der Waals surface area contributed by atoms with E-state index in [0.717, 1.165) is 12.2 Å². The van der Waals surface area contributed by atoms with Gasteiger partial charge in [0.15, 0.2) is 0 Å². The van der Waals surface area contributed by atoms with Crippen LogP contribution in [0.5, 0.6) is 0 Å². The zero-order valence-corrected chi connectivity index (χ0v) is 9.77. The molecule has 0 spiro atoms. The first kappa shape index (κ1) is 9.97. The smallest absolute Gasteiger partial charge is 0.138 e. The van der Waals surface area contributed by atoms with Crippen LogP contribution in [0.1, 0.15) is 12.8 Å². The lowest BCUT2D eigenvalue weighted by atomic mass is 10.4. The molecule has 0 radical (unpaired) electrons. The normalized spacial score (nSPS) is 15.6. The second-order valence-electron chi connectivity index (χ2n) is 4.15. The first-order valence-electron chi connectivity index (χ1n) is 5.65. The van der Waals surface area contributed by atoms with Gasteiger partial charge in [-0.25, -0.2) is 4.98 Å². The number of alkyl halides is 1. The first-order chi connectivity index (χ1) is 7.90. The molecule has 1 aliphatic carbocycles. The SMILES string of the molecule is ClCCN(c1cccc2nccn12)C1CC1. The van der Waals surface area contributed by atoms with Crippen LogP contribution in [0.15, 0.2) is 30.6 Å². The molecule has 3 nitrogen and oxygen atoms in total. The number of nitrogens with zero attached hydrogens (tertiary/aromatic N) is 3. The van der Waals surface area contributed by atoms with Crippen LogP contribution in [0.25, 0.3) is 5.65 Å². The summed E-state index contributed by atoms with van der Waals surface area (Å²) in [5.41, 5.74) is 0.998. The van der Waals surface area contributed by atoms with Gasteiger partial charge in [0.1, 0.15) is 11.5 Å². The van der Waals surface area contributed by atoms with E-state index >= 15 is 0 Å². The second-order valence-corrected chi connectivity index (χ2v) is 4.53. The Morgan fingerprint density at radius 1 is 1.44 bits per heavy atom. The van der Waals surface area contributed by atoms with Crippen molar-refractivity contribution in [2.75, 3.05) is 17.3 Å². The van der Waals surface area contributed by atoms with Gasteiger partial charge < -0.3 is 4.90 Å². The Hall–Kier alpha value is -1.22. The molecule has 84 valence electrons. The summed E-state index contributed by atoms with van der Waals surface area (Å²) in [5.74, 6) is 1.87. The van der Waals surface area contributed by atoms with Crippen molar-refractivity contribution in [3.63, 3.8) is 0 Å². The minimum Gasteiger partial charge on any atom is -0.354 e. The highest BCUT2D eigenvalue weighted by Gasteiger charge is 2.29. The maximum atomic E-state index is 5.88. The summed E-state index contributed by atoms with van der Waals surface area (Å²) >= 11 is 5.88.